The maximum absolute atomic E-state index is 14.0. The van der Waals surface area contributed by atoms with Crippen molar-refractivity contribution in [2.45, 2.75) is 37.7 Å². The Balaban J connectivity index is 1.44. The molecule has 7 nitrogen and oxygen atoms in total. The lowest BCUT2D eigenvalue weighted by Gasteiger charge is -2.20. The highest BCUT2D eigenvalue weighted by Crippen LogP contribution is 2.49. The van der Waals surface area contributed by atoms with Crippen LogP contribution in [0.25, 0.3) is 22.3 Å². The Kier molecular flexibility index (Phi) is 8.57. The number of carbonyl (C=O) groups is 1. The second-order valence-corrected chi connectivity index (χ2v) is 11.6. The van der Waals surface area contributed by atoms with E-state index in [-0.39, 0.29) is 46.5 Å². The van der Waals surface area contributed by atoms with Gasteiger partial charge in [0.1, 0.15) is 11.8 Å². The number of fused-ring (bicyclic) bond motifs is 1. The lowest BCUT2D eigenvalue weighted by atomic mass is 9.86. The molecule has 50 heavy (non-hydrogen) atoms. The van der Waals surface area contributed by atoms with Gasteiger partial charge in [0.25, 0.3) is 0 Å². The Morgan fingerprint density at radius 2 is 1.46 bits per heavy atom. The van der Waals surface area contributed by atoms with E-state index in [1.54, 1.807) is 19.1 Å². The van der Waals surface area contributed by atoms with Crippen LogP contribution in [0, 0.1) is 12.8 Å². The number of oxime groups is 1. The third-order valence-corrected chi connectivity index (χ3v) is 8.45. The number of aryl methyl sites for hydroxylation is 1. The number of pyridine rings is 1. The van der Waals surface area contributed by atoms with Crippen LogP contribution in [-0.4, -0.2) is 35.5 Å². The molecule has 1 N–H and O–H groups in total. The number of nitrogens with zero attached hydrogens (tertiary/aromatic N) is 2. The van der Waals surface area contributed by atoms with Gasteiger partial charge >= 0.3 is 24.5 Å². The summed E-state index contributed by atoms with van der Waals surface area (Å²) >= 11 is 0. The maximum atomic E-state index is 14.0. The topological polar surface area (TPSA) is 90.2 Å². The molecule has 0 saturated carbocycles. The van der Waals surface area contributed by atoms with Crippen LogP contribution in [0.15, 0.2) is 72.0 Å². The second-order valence-electron chi connectivity index (χ2n) is 11.6. The molecule has 0 amide bonds. The van der Waals surface area contributed by atoms with Crippen molar-refractivity contribution in [3.63, 3.8) is 0 Å². The number of carboxylic acid groups (broad SMARTS) is 1. The van der Waals surface area contributed by atoms with Crippen LogP contribution in [0.5, 0.6) is 5.88 Å². The first-order valence-corrected chi connectivity index (χ1v) is 14.6. The van der Waals surface area contributed by atoms with E-state index < -0.39 is 64.9 Å². The number of halogens is 9. The summed E-state index contributed by atoms with van der Waals surface area (Å²) < 4.78 is 135. The van der Waals surface area contributed by atoms with E-state index in [2.05, 4.69) is 10.1 Å². The van der Waals surface area contributed by atoms with E-state index in [0.717, 1.165) is 18.2 Å². The Morgan fingerprint density at radius 3 is 2.04 bits per heavy atom. The molecule has 1 fully saturated rings. The number of benzene rings is 3. The largest absolute Gasteiger partial charge is 0.481 e. The number of rotatable bonds is 6. The van der Waals surface area contributed by atoms with Gasteiger partial charge in [-0.1, -0.05) is 17.3 Å². The van der Waals surface area contributed by atoms with Gasteiger partial charge in [-0.2, -0.15) is 39.5 Å². The molecule has 0 aliphatic carbocycles. The average molecular weight is 711 g/mol. The van der Waals surface area contributed by atoms with Gasteiger partial charge in [0.2, 0.25) is 5.88 Å². The summed E-state index contributed by atoms with van der Waals surface area (Å²) in [6.45, 7) is 1.31. The first kappa shape index (κ1) is 34.7. The van der Waals surface area contributed by atoms with Crippen LogP contribution in [0.2, 0.25) is 0 Å². The molecule has 0 unspecified atom stereocenters. The molecule has 1 aromatic heterocycles. The highest BCUT2D eigenvalue weighted by atomic mass is 19.4. The first-order chi connectivity index (χ1) is 23.4. The van der Waals surface area contributed by atoms with Crippen molar-refractivity contribution < 1.29 is 63.7 Å². The fraction of sp³-hybridized carbons (Fsp3) is 0.265. The molecule has 0 radical (unpaired) electrons. The molecule has 3 heterocycles. The van der Waals surface area contributed by atoms with Crippen LogP contribution in [0.3, 0.4) is 0 Å². The van der Waals surface area contributed by atoms with Crippen LogP contribution in [-0.2, 0) is 28.1 Å². The normalized spacial score (nSPS) is 19.2. The molecule has 16 heteroatoms. The van der Waals surface area contributed by atoms with Crippen molar-refractivity contribution in [2.75, 3.05) is 13.7 Å². The summed E-state index contributed by atoms with van der Waals surface area (Å²) in [5.41, 5.74) is -2.89. The molecule has 0 spiro atoms. The van der Waals surface area contributed by atoms with Gasteiger partial charge < -0.3 is 19.4 Å². The lowest BCUT2D eigenvalue weighted by molar-refractivity contribution is -0.143. The number of alkyl halides is 9. The van der Waals surface area contributed by atoms with E-state index in [4.69, 9.17) is 14.3 Å². The van der Waals surface area contributed by atoms with E-state index in [1.165, 1.54) is 25.4 Å². The summed E-state index contributed by atoms with van der Waals surface area (Å²) in [6, 6.07) is 9.72. The number of ether oxygens (including phenoxy) is 2. The van der Waals surface area contributed by atoms with Gasteiger partial charge in [-0.05, 0) is 83.3 Å². The van der Waals surface area contributed by atoms with Crippen LogP contribution >= 0.6 is 0 Å². The van der Waals surface area contributed by atoms with Crippen molar-refractivity contribution in [2.24, 2.45) is 11.1 Å². The predicted molar refractivity (Wildman–Crippen MR) is 158 cm³/mol. The summed E-state index contributed by atoms with van der Waals surface area (Å²) in [6.07, 6.45) is -16.5. The standard InChI is InChI=1S/C34H23F9N2O5/c1-15-7-16(31(46)47)3-5-22(15)18-10-25(30(48-2)44-13-18)23-6-4-19(32(35,36)37)12-24(23)29-27-26(14-49-29)28(50-45-27)17-8-20(33(38,39)40)11-21(9-17)34(41,42)43/h3-13,26,28-29H,14H2,1-2H3,(H,46,47)/t26-,28-,29+/m1/s1. The second kappa shape index (κ2) is 12.3. The zero-order chi connectivity index (χ0) is 36.3. The van der Waals surface area contributed by atoms with E-state index >= 15 is 0 Å². The zero-order valence-corrected chi connectivity index (χ0v) is 25.7. The Morgan fingerprint density at radius 1 is 0.820 bits per heavy atom. The Hall–Kier alpha value is -5.12. The minimum atomic E-state index is -5.13. The quantitative estimate of drug-likeness (QED) is 0.201. The molecular formula is C34H23F9N2O5. The third kappa shape index (κ3) is 6.46. The summed E-state index contributed by atoms with van der Waals surface area (Å²) in [5.74, 6) is -2.20. The molecule has 262 valence electrons. The summed E-state index contributed by atoms with van der Waals surface area (Å²) in [7, 11) is 1.29. The number of aromatic nitrogens is 1. The number of hydrogen-bond acceptors (Lipinski definition) is 6. The van der Waals surface area contributed by atoms with E-state index in [9.17, 15) is 49.4 Å². The van der Waals surface area contributed by atoms with Gasteiger partial charge in [-0.25, -0.2) is 9.78 Å². The molecular weight excluding hydrogens is 687 g/mol. The molecule has 4 aromatic rings. The van der Waals surface area contributed by atoms with Gasteiger partial charge in [0.05, 0.1) is 41.9 Å². The van der Waals surface area contributed by atoms with Crippen molar-refractivity contribution in [3.05, 3.63) is 106 Å². The number of hydrogen-bond donors (Lipinski definition) is 1. The minimum Gasteiger partial charge on any atom is -0.481 e. The molecule has 3 atom stereocenters. The number of carboxylic acids is 1. The smallest absolute Gasteiger partial charge is 0.416 e. The van der Waals surface area contributed by atoms with Crippen LogP contribution < -0.4 is 4.74 Å². The van der Waals surface area contributed by atoms with Gasteiger partial charge in [0.15, 0.2) is 6.10 Å². The Labute approximate surface area is 276 Å². The third-order valence-electron chi connectivity index (χ3n) is 8.45. The summed E-state index contributed by atoms with van der Waals surface area (Å²) in [4.78, 5) is 21.1. The van der Waals surface area contributed by atoms with E-state index in [1.807, 2.05) is 0 Å². The zero-order valence-electron chi connectivity index (χ0n) is 25.7. The van der Waals surface area contributed by atoms with Gasteiger partial charge in [-0.3, -0.25) is 0 Å². The average Bonchev–Trinajstić information content (AvgIpc) is 3.65. The number of aromatic carboxylic acids is 1. The van der Waals surface area contributed by atoms with Gasteiger partial charge in [0, 0.05) is 17.3 Å². The van der Waals surface area contributed by atoms with Crippen molar-refractivity contribution >= 4 is 11.7 Å². The molecule has 3 aromatic carbocycles. The highest BCUT2D eigenvalue weighted by Gasteiger charge is 2.48. The molecule has 0 bridgehead atoms. The molecule has 2 aliphatic heterocycles. The van der Waals surface area contributed by atoms with E-state index in [0.29, 0.717) is 28.8 Å². The highest BCUT2D eigenvalue weighted by molar-refractivity contribution is 5.96. The van der Waals surface area contributed by atoms with Crippen LogP contribution in [0.4, 0.5) is 39.5 Å². The van der Waals surface area contributed by atoms with Crippen molar-refractivity contribution in [3.8, 4) is 28.1 Å². The SMILES string of the molecule is COc1ncc(-c2ccc(C(=O)O)cc2C)cc1-c1ccc(C(F)(F)F)cc1[C@@H]1OC[C@@H]2C1=NO[C@@H]2c1cc(C(F)(F)F)cc(C(F)(F)F)c1. The fourth-order valence-corrected chi connectivity index (χ4v) is 6.08. The fourth-order valence-electron chi connectivity index (χ4n) is 6.08. The van der Waals surface area contributed by atoms with Crippen molar-refractivity contribution in [1.29, 1.82) is 0 Å². The van der Waals surface area contributed by atoms with Crippen molar-refractivity contribution in [1.82, 2.24) is 4.98 Å². The van der Waals surface area contributed by atoms with Gasteiger partial charge in [-0.15, -0.1) is 0 Å². The molecule has 6 rings (SSSR count). The molecule has 2 aliphatic rings. The maximum Gasteiger partial charge on any atom is 0.416 e. The predicted octanol–water partition coefficient (Wildman–Crippen LogP) is 9.30. The monoisotopic (exact) mass is 710 g/mol. The number of methoxy groups -OCH3 is 1. The molecule has 1 saturated heterocycles. The first-order valence-electron chi connectivity index (χ1n) is 14.6. The lowest BCUT2D eigenvalue weighted by Crippen LogP contribution is -2.19. The van der Waals surface area contributed by atoms with Crippen LogP contribution in [0.1, 0.15) is 55.9 Å². The summed E-state index contributed by atoms with van der Waals surface area (Å²) in [5, 5.41) is 13.3. The minimum absolute atomic E-state index is 0.00440. The Bertz CT molecular complexity index is 1990.